The molecule has 0 bridgehead atoms. The average molecular weight is 234 g/mol. The van der Waals surface area contributed by atoms with Crippen LogP contribution in [0.3, 0.4) is 0 Å². The predicted molar refractivity (Wildman–Crippen MR) is 78.0 cm³/mol. The fourth-order valence-corrected chi connectivity index (χ4v) is 2.76. The van der Waals surface area contributed by atoms with Crippen molar-refractivity contribution in [2.45, 2.75) is 61.3 Å². The summed E-state index contributed by atoms with van der Waals surface area (Å²) in [5.41, 5.74) is 2.42. The van der Waals surface area contributed by atoms with E-state index in [9.17, 15) is 0 Å². The van der Waals surface area contributed by atoms with Gasteiger partial charge in [0.15, 0.2) is 0 Å². The van der Waals surface area contributed by atoms with E-state index in [-0.39, 0.29) is 0 Å². The first-order valence-corrected chi connectivity index (χ1v) is 6.98. The van der Waals surface area contributed by atoms with E-state index >= 15 is 0 Å². The van der Waals surface area contributed by atoms with Crippen molar-refractivity contribution in [2.24, 2.45) is 22.7 Å². The fourth-order valence-electron chi connectivity index (χ4n) is 2.76. The second-order valence-corrected chi connectivity index (χ2v) is 7.91. The lowest BCUT2D eigenvalue weighted by molar-refractivity contribution is 0.185. The van der Waals surface area contributed by atoms with Gasteiger partial charge in [0, 0.05) is 0 Å². The summed E-state index contributed by atoms with van der Waals surface area (Å²) in [5, 5.41) is 0. The minimum absolute atomic E-state index is 0.360. The molecule has 0 heterocycles. The summed E-state index contributed by atoms with van der Waals surface area (Å²) < 4.78 is 0. The van der Waals surface area contributed by atoms with Gasteiger partial charge in [0.05, 0.1) is 0 Å². The zero-order chi connectivity index (χ0) is 13.3. The Hall–Kier alpha value is -0.520. The molecule has 0 aromatic rings. The Balaban J connectivity index is 2.99. The van der Waals surface area contributed by atoms with Gasteiger partial charge in [0.1, 0.15) is 0 Å². The molecule has 0 N–H and O–H groups in total. The SMILES string of the molecule is CC1CC=CC=C1C(CC(C)(C)C)C(C)(C)C. The fraction of sp³-hybridized carbons (Fsp3) is 0.765. The van der Waals surface area contributed by atoms with Crippen molar-refractivity contribution in [3.05, 3.63) is 23.8 Å². The lowest BCUT2D eigenvalue weighted by Gasteiger charge is -2.40. The third-order valence-electron chi connectivity index (χ3n) is 3.75. The van der Waals surface area contributed by atoms with Crippen LogP contribution < -0.4 is 0 Å². The normalized spacial score (nSPS) is 23.5. The summed E-state index contributed by atoms with van der Waals surface area (Å²) in [5.74, 6) is 1.41. The van der Waals surface area contributed by atoms with Crippen LogP contribution in [0.2, 0.25) is 0 Å². The van der Waals surface area contributed by atoms with Crippen molar-refractivity contribution >= 4 is 0 Å². The Kier molecular flexibility index (Phi) is 4.28. The number of hydrogen-bond acceptors (Lipinski definition) is 0. The Morgan fingerprint density at radius 2 is 1.76 bits per heavy atom. The van der Waals surface area contributed by atoms with E-state index in [1.165, 1.54) is 12.8 Å². The summed E-state index contributed by atoms with van der Waals surface area (Å²) in [6, 6.07) is 0. The highest BCUT2D eigenvalue weighted by Gasteiger charge is 2.33. The molecule has 1 aliphatic rings. The zero-order valence-electron chi connectivity index (χ0n) is 12.8. The number of rotatable bonds is 2. The summed E-state index contributed by atoms with van der Waals surface area (Å²) in [7, 11) is 0. The standard InChI is InChI=1S/C17H30/c1-13-10-8-9-11-14(13)15(17(5,6)7)12-16(2,3)4/h8-9,11,13,15H,10,12H2,1-7H3. The maximum absolute atomic E-state index is 2.38. The molecule has 17 heavy (non-hydrogen) atoms. The first kappa shape index (κ1) is 14.5. The summed E-state index contributed by atoms with van der Waals surface area (Å²) in [6.45, 7) is 16.6. The topological polar surface area (TPSA) is 0 Å². The molecule has 98 valence electrons. The molecule has 0 fully saturated rings. The minimum Gasteiger partial charge on any atom is -0.0840 e. The Bertz CT molecular complexity index is 304. The highest BCUT2D eigenvalue weighted by molar-refractivity contribution is 5.24. The molecule has 0 spiro atoms. The lowest BCUT2D eigenvalue weighted by atomic mass is 9.65. The summed E-state index contributed by atoms with van der Waals surface area (Å²) >= 11 is 0. The second-order valence-electron chi connectivity index (χ2n) is 7.91. The second kappa shape index (κ2) is 5.00. The van der Waals surface area contributed by atoms with Gasteiger partial charge in [-0.25, -0.2) is 0 Å². The van der Waals surface area contributed by atoms with Gasteiger partial charge in [0.2, 0.25) is 0 Å². The molecule has 0 nitrogen and oxygen atoms in total. The number of hydrogen-bond donors (Lipinski definition) is 0. The molecule has 1 rings (SSSR count). The minimum atomic E-state index is 0.360. The molecule has 0 saturated carbocycles. The maximum atomic E-state index is 2.38. The molecule has 0 aliphatic heterocycles. The van der Waals surface area contributed by atoms with Gasteiger partial charge in [-0.2, -0.15) is 0 Å². The van der Waals surface area contributed by atoms with Gasteiger partial charge in [-0.1, -0.05) is 72.3 Å². The molecule has 0 saturated heterocycles. The average Bonchev–Trinajstić information content (AvgIpc) is 2.12. The third kappa shape index (κ3) is 4.33. The first-order chi connectivity index (χ1) is 7.61. The van der Waals surface area contributed by atoms with Gasteiger partial charge in [-0.05, 0) is 35.5 Å². The van der Waals surface area contributed by atoms with Crippen LogP contribution in [0.25, 0.3) is 0 Å². The molecule has 0 radical (unpaired) electrons. The molecule has 0 heteroatoms. The molecule has 1 aliphatic carbocycles. The van der Waals surface area contributed by atoms with Crippen molar-refractivity contribution < 1.29 is 0 Å². The molecule has 0 aromatic carbocycles. The molecule has 2 unspecified atom stereocenters. The summed E-state index contributed by atoms with van der Waals surface area (Å²) in [4.78, 5) is 0. The van der Waals surface area contributed by atoms with E-state index in [1.54, 1.807) is 5.57 Å². The Labute approximate surface area is 108 Å². The largest absolute Gasteiger partial charge is 0.0840 e. The van der Waals surface area contributed by atoms with Gasteiger partial charge in [0.25, 0.3) is 0 Å². The monoisotopic (exact) mass is 234 g/mol. The highest BCUT2D eigenvalue weighted by atomic mass is 14.4. The van der Waals surface area contributed by atoms with E-state index in [2.05, 4.69) is 66.7 Å². The van der Waals surface area contributed by atoms with Crippen LogP contribution in [0, 0.1) is 22.7 Å². The van der Waals surface area contributed by atoms with Crippen molar-refractivity contribution in [1.29, 1.82) is 0 Å². The van der Waals surface area contributed by atoms with Crippen LogP contribution in [-0.4, -0.2) is 0 Å². The van der Waals surface area contributed by atoms with E-state index in [0.29, 0.717) is 22.7 Å². The van der Waals surface area contributed by atoms with E-state index in [4.69, 9.17) is 0 Å². The van der Waals surface area contributed by atoms with Crippen molar-refractivity contribution in [2.75, 3.05) is 0 Å². The van der Waals surface area contributed by atoms with Crippen LogP contribution in [0.1, 0.15) is 61.3 Å². The highest BCUT2D eigenvalue weighted by Crippen LogP contribution is 2.44. The Morgan fingerprint density at radius 3 is 2.18 bits per heavy atom. The van der Waals surface area contributed by atoms with E-state index in [1.807, 2.05) is 0 Å². The van der Waals surface area contributed by atoms with Crippen LogP contribution in [0.5, 0.6) is 0 Å². The molecule has 0 amide bonds. The molecular formula is C17H30. The van der Waals surface area contributed by atoms with Crippen LogP contribution >= 0.6 is 0 Å². The quantitative estimate of drug-likeness (QED) is 0.583. The van der Waals surface area contributed by atoms with Gasteiger partial charge >= 0.3 is 0 Å². The maximum Gasteiger partial charge on any atom is -0.0144 e. The first-order valence-electron chi connectivity index (χ1n) is 6.98. The van der Waals surface area contributed by atoms with Crippen LogP contribution in [0.4, 0.5) is 0 Å². The van der Waals surface area contributed by atoms with Crippen molar-refractivity contribution in [3.8, 4) is 0 Å². The van der Waals surface area contributed by atoms with Gasteiger partial charge in [-0.3, -0.25) is 0 Å². The smallest absolute Gasteiger partial charge is 0.0144 e. The molecular weight excluding hydrogens is 204 g/mol. The van der Waals surface area contributed by atoms with Gasteiger partial charge in [-0.15, -0.1) is 0 Å². The van der Waals surface area contributed by atoms with E-state index in [0.717, 1.165) is 0 Å². The Morgan fingerprint density at radius 1 is 1.18 bits per heavy atom. The number of allylic oxidation sites excluding steroid dienone is 4. The van der Waals surface area contributed by atoms with Crippen molar-refractivity contribution in [1.82, 2.24) is 0 Å². The predicted octanol–water partition coefficient (Wildman–Crippen LogP) is 5.61. The lowest BCUT2D eigenvalue weighted by Crippen LogP contribution is -2.29. The van der Waals surface area contributed by atoms with Crippen molar-refractivity contribution in [3.63, 3.8) is 0 Å². The third-order valence-corrected chi connectivity index (χ3v) is 3.75. The zero-order valence-corrected chi connectivity index (χ0v) is 12.8. The van der Waals surface area contributed by atoms with Crippen LogP contribution in [0.15, 0.2) is 23.8 Å². The summed E-state index contributed by atoms with van der Waals surface area (Å²) in [6.07, 6.45) is 9.40. The van der Waals surface area contributed by atoms with Crippen LogP contribution in [-0.2, 0) is 0 Å². The molecule has 2 atom stereocenters. The van der Waals surface area contributed by atoms with E-state index < -0.39 is 0 Å². The molecule has 0 aromatic heterocycles. The van der Waals surface area contributed by atoms with Gasteiger partial charge < -0.3 is 0 Å².